The van der Waals surface area contributed by atoms with Gasteiger partial charge in [-0.1, -0.05) is 26.3 Å². The summed E-state index contributed by atoms with van der Waals surface area (Å²) < 4.78 is 0. The first kappa shape index (κ1) is 12.3. The van der Waals surface area contributed by atoms with Crippen molar-refractivity contribution >= 4 is 11.4 Å². The lowest BCUT2D eigenvalue weighted by molar-refractivity contribution is 0.350. The number of rotatable bonds is 3. The number of benzene rings is 1. The molecule has 0 spiro atoms. The van der Waals surface area contributed by atoms with E-state index in [1.807, 2.05) is 0 Å². The molecule has 0 amide bonds. The Hall–Kier alpha value is -1.18. The van der Waals surface area contributed by atoms with Gasteiger partial charge < -0.3 is 10.2 Å². The molecular formula is C15H24N2. The van der Waals surface area contributed by atoms with Crippen LogP contribution in [0.25, 0.3) is 0 Å². The molecule has 0 saturated heterocycles. The Morgan fingerprint density at radius 2 is 2.06 bits per heavy atom. The molecule has 1 saturated carbocycles. The van der Waals surface area contributed by atoms with Crippen LogP contribution in [0.5, 0.6) is 0 Å². The van der Waals surface area contributed by atoms with Gasteiger partial charge in [-0.2, -0.15) is 0 Å². The molecule has 94 valence electrons. The average molecular weight is 232 g/mol. The lowest BCUT2D eigenvalue weighted by atomic mass is 9.87. The van der Waals surface area contributed by atoms with Crippen LogP contribution in [0.1, 0.15) is 33.1 Å². The first-order valence-electron chi connectivity index (χ1n) is 6.53. The zero-order valence-corrected chi connectivity index (χ0v) is 11.5. The first-order chi connectivity index (χ1) is 7.99. The summed E-state index contributed by atoms with van der Waals surface area (Å²) in [5.41, 5.74) is 2.93. The van der Waals surface area contributed by atoms with E-state index in [2.05, 4.69) is 62.4 Å². The second-order valence-corrected chi connectivity index (χ2v) is 6.02. The van der Waals surface area contributed by atoms with Gasteiger partial charge in [-0.25, -0.2) is 0 Å². The lowest BCUT2D eigenvalue weighted by Crippen LogP contribution is -2.30. The van der Waals surface area contributed by atoms with Crippen LogP contribution < -0.4 is 10.2 Å². The normalized spacial score (nSPS) is 22.5. The fraction of sp³-hybridized carbons (Fsp3) is 0.600. The molecule has 2 heteroatoms. The topological polar surface area (TPSA) is 15.3 Å². The third-order valence-corrected chi connectivity index (χ3v) is 3.96. The third-order valence-electron chi connectivity index (χ3n) is 3.96. The van der Waals surface area contributed by atoms with E-state index >= 15 is 0 Å². The van der Waals surface area contributed by atoms with Crippen molar-refractivity contribution in [3.8, 4) is 0 Å². The maximum Gasteiger partial charge on any atom is 0.0381 e. The Balaban J connectivity index is 2.11. The summed E-state index contributed by atoms with van der Waals surface area (Å²) in [5, 5.41) is 3.70. The van der Waals surface area contributed by atoms with E-state index in [9.17, 15) is 0 Å². The predicted molar refractivity (Wildman–Crippen MR) is 75.8 cm³/mol. The van der Waals surface area contributed by atoms with E-state index in [1.54, 1.807) is 0 Å². The molecule has 1 unspecified atom stereocenters. The molecule has 1 aromatic carbocycles. The second kappa shape index (κ2) is 4.59. The molecule has 1 aromatic rings. The fourth-order valence-electron chi connectivity index (χ4n) is 2.67. The first-order valence-corrected chi connectivity index (χ1v) is 6.53. The molecule has 1 N–H and O–H groups in total. The predicted octanol–water partition coefficient (Wildman–Crippen LogP) is 3.74. The van der Waals surface area contributed by atoms with Crippen LogP contribution in [-0.4, -0.2) is 20.1 Å². The smallest absolute Gasteiger partial charge is 0.0381 e. The summed E-state index contributed by atoms with van der Waals surface area (Å²) in [6, 6.07) is 9.28. The van der Waals surface area contributed by atoms with E-state index < -0.39 is 0 Å². The maximum absolute atomic E-state index is 3.70. The Bertz CT molecular complexity index is 382. The Labute approximate surface area is 105 Å². The van der Waals surface area contributed by atoms with Crippen molar-refractivity contribution in [3.05, 3.63) is 24.3 Å². The summed E-state index contributed by atoms with van der Waals surface area (Å²) in [6.07, 6.45) is 3.97. The second-order valence-electron chi connectivity index (χ2n) is 6.02. The number of nitrogens with zero attached hydrogens (tertiary/aromatic N) is 1. The molecule has 1 aliphatic carbocycles. The molecule has 2 rings (SSSR count). The summed E-state index contributed by atoms with van der Waals surface area (Å²) in [5.74, 6) is 0. The maximum atomic E-state index is 3.70. The zero-order chi connectivity index (χ0) is 12.5. The fourth-order valence-corrected chi connectivity index (χ4v) is 2.67. The monoisotopic (exact) mass is 232 g/mol. The number of hydrogen-bond acceptors (Lipinski definition) is 2. The van der Waals surface area contributed by atoms with Crippen molar-refractivity contribution in [1.29, 1.82) is 0 Å². The van der Waals surface area contributed by atoms with Gasteiger partial charge in [-0.3, -0.25) is 0 Å². The summed E-state index contributed by atoms with van der Waals surface area (Å²) in [4.78, 5) is 2.14. The van der Waals surface area contributed by atoms with E-state index in [0.717, 1.165) is 0 Å². The standard InChI is InChI=1S/C15H24N2/c1-15(2)10-6-9-14(15)16-12-7-5-8-13(11-12)17(3)4/h5,7-8,11,14,16H,6,9-10H2,1-4H3. The SMILES string of the molecule is CN(C)c1cccc(NC2CCCC2(C)C)c1. The van der Waals surface area contributed by atoms with Gasteiger partial charge in [0.05, 0.1) is 0 Å². The van der Waals surface area contributed by atoms with E-state index in [1.165, 1.54) is 30.6 Å². The van der Waals surface area contributed by atoms with Gasteiger partial charge in [0, 0.05) is 31.5 Å². The molecule has 0 aromatic heterocycles. The molecule has 1 aliphatic rings. The van der Waals surface area contributed by atoms with Crippen LogP contribution in [0.3, 0.4) is 0 Å². The van der Waals surface area contributed by atoms with Crippen LogP contribution in [-0.2, 0) is 0 Å². The van der Waals surface area contributed by atoms with Gasteiger partial charge in [-0.05, 0) is 36.5 Å². The molecule has 17 heavy (non-hydrogen) atoms. The Morgan fingerprint density at radius 1 is 1.29 bits per heavy atom. The minimum absolute atomic E-state index is 0.425. The quantitative estimate of drug-likeness (QED) is 0.854. The van der Waals surface area contributed by atoms with Gasteiger partial charge in [0.25, 0.3) is 0 Å². The molecule has 0 radical (unpaired) electrons. The number of anilines is 2. The van der Waals surface area contributed by atoms with E-state index in [0.29, 0.717) is 11.5 Å². The van der Waals surface area contributed by atoms with Crippen molar-refractivity contribution < 1.29 is 0 Å². The molecular weight excluding hydrogens is 208 g/mol. The highest BCUT2D eigenvalue weighted by molar-refractivity contribution is 5.58. The highest BCUT2D eigenvalue weighted by atomic mass is 15.1. The minimum atomic E-state index is 0.425. The third kappa shape index (κ3) is 2.74. The van der Waals surface area contributed by atoms with Crippen molar-refractivity contribution in [1.82, 2.24) is 0 Å². The van der Waals surface area contributed by atoms with E-state index in [-0.39, 0.29) is 0 Å². The Morgan fingerprint density at radius 3 is 2.65 bits per heavy atom. The summed E-state index contributed by atoms with van der Waals surface area (Å²) in [7, 11) is 4.16. The minimum Gasteiger partial charge on any atom is -0.382 e. The number of nitrogens with one attached hydrogen (secondary N) is 1. The highest BCUT2D eigenvalue weighted by Gasteiger charge is 2.34. The summed E-state index contributed by atoms with van der Waals surface area (Å²) in [6.45, 7) is 4.74. The van der Waals surface area contributed by atoms with E-state index in [4.69, 9.17) is 0 Å². The number of hydrogen-bond donors (Lipinski definition) is 1. The lowest BCUT2D eigenvalue weighted by Gasteiger charge is -2.29. The van der Waals surface area contributed by atoms with Crippen LogP contribution in [0.4, 0.5) is 11.4 Å². The van der Waals surface area contributed by atoms with Gasteiger partial charge in [0.15, 0.2) is 0 Å². The van der Waals surface area contributed by atoms with Crippen LogP contribution in [0.2, 0.25) is 0 Å². The van der Waals surface area contributed by atoms with Crippen LogP contribution in [0, 0.1) is 5.41 Å². The molecule has 2 nitrogen and oxygen atoms in total. The molecule has 1 fully saturated rings. The van der Waals surface area contributed by atoms with Gasteiger partial charge in [-0.15, -0.1) is 0 Å². The van der Waals surface area contributed by atoms with Crippen molar-refractivity contribution in [2.24, 2.45) is 5.41 Å². The molecule has 0 aliphatic heterocycles. The van der Waals surface area contributed by atoms with Crippen molar-refractivity contribution in [3.63, 3.8) is 0 Å². The summed E-state index contributed by atoms with van der Waals surface area (Å²) >= 11 is 0. The molecule has 0 heterocycles. The van der Waals surface area contributed by atoms with Gasteiger partial charge in [0.1, 0.15) is 0 Å². The zero-order valence-electron chi connectivity index (χ0n) is 11.5. The van der Waals surface area contributed by atoms with Crippen molar-refractivity contribution in [2.45, 2.75) is 39.2 Å². The molecule has 0 bridgehead atoms. The average Bonchev–Trinajstić information content (AvgIpc) is 2.59. The molecule has 1 atom stereocenters. The largest absolute Gasteiger partial charge is 0.382 e. The highest BCUT2D eigenvalue weighted by Crippen LogP contribution is 2.39. The van der Waals surface area contributed by atoms with Gasteiger partial charge >= 0.3 is 0 Å². The van der Waals surface area contributed by atoms with Crippen LogP contribution in [0.15, 0.2) is 24.3 Å². The Kier molecular flexibility index (Phi) is 3.32. The van der Waals surface area contributed by atoms with Crippen molar-refractivity contribution in [2.75, 3.05) is 24.3 Å². The van der Waals surface area contributed by atoms with Gasteiger partial charge in [0.2, 0.25) is 0 Å². The van der Waals surface area contributed by atoms with Crippen LogP contribution >= 0.6 is 0 Å².